The van der Waals surface area contributed by atoms with E-state index in [0.29, 0.717) is 5.92 Å². The third kappa shape index (κ3) is 4.96. The third-order valence-corrected chi connectivity index (χ3v) is 3.76. The molecule has 1 amide bonds. The lowest BCUT2D eigenvalue weighted by molar-refractivity contribution is 0.0287. The van der Waals surface area contributed by atoms with Crippen LogP contribution in [0.4, 0.5) is 10.5 Å². The van der Waals surface area contributed by atoms with Gasteiger partial charge in [-0.1, -0.05) is 12.1 Å². The van der Waals surface area contributed by atoms with Crippen LogP contribution in [0.5, 0.6) is 0 Å². The summed E-state index contributed by atoms with van der Waals surface area (Å²) in [6.07, 6.45) is 3.02. The lowest BCUT2D eigenvalue weighted by atomic mass is 9.99. The van der Waals surface area contributed by atoms with Crippen molar-refractivity contribution in [1.82, 2.24) is 4.90 Å². The maximum absolute atomic E-state index is 12.0. The number of carbonyl (C=O) groups is 1. The standard InChI is InChI=1S/C17H26N2O2/c1-17(2,3)21-16(20)19-11-10-14(12-19)5-4-13-6-8-15(18)9-7-13/h6-9,14H,4-5,10-12,18H2,1-3H3/t14-/m1/s1. The topological polar surface area (TPSA) is 55.6 Å². The van der Waals surface area contributed by atoms with Crippen LogP contribution >= 0.6 is 0 Å². The molecule has 4 heteroatoms. The molecular weight excluding hydrogens is 264 g/mol. The first-order valence-electron chi connectivity index (χ1n) is 7.66. The zero-order chi connectivity index (χ0) is 15.5. The fourth-order valence-electron chi connectivity index (χ4n) is 2.62. The largest absolute Gasteiger partial charge is 0.444 e. The summed E-state index contributed by atoms with van der Waals surface area (Å²) < 4.78 is 5.42. The SMILES string of the molecule is CC(C)(C)OC(=O)N1CC[C@@H](CCc2ccc(N)cc2)C1. The van der Waals surface area contributed by atoms with E-state index in [9.17, 15) is 4.79 Å². The Morgan fingerprint density at radius 1 is 1.33 bits per heavy atom. The molecule has 0 spiro atoms. The van der Waals surface area contributed by atoms with Crippen molar-refractivity contribution in [3.8, 4) is 0 Å². The average molecular weight is 290 g/mol. The molecule has 0 unspecified atom stereocenters. The van der Waals surface area contributed by atoms with Gasteiger partial charge in [0, 0.05) is 18.8 Å². The van der Waals surface area contributed by atoms with Crippen LogP contribution in [-0.4, -0.2) is 29.7 Å². The highest BCUT2D eigenvalue weighted by Gasteiger charge is 2.29. The zero-order valence-corrected chi connectivity index (χ0v) is 13.3. The summed E-state index contributed by atoms with van der Waals surface area (Å²) in [5.74, 6) is 0.565. The van der Waals surface area contributed by atoms with Crippen LogP contribution in [-0.2, 0) is 11.2 Å². The van der Waals surface area contributed by atoms with Crippen LogP contribution in [0.2, 0.25) is 0 Å². The lowest BCUT2D eigenvalue weighted by Gasteiger charge is -2.24. The maximum atomic E-state index is 12.0. The number of amides is 1. The third-order valence-electron chi connectivity index (χ3n) is 3.76. The molecule has 1 aliphatic rings. The van der Waals surface area contributed by atoms with Crippen molar-refractivity contribution in [3.63, 3.8) is 0 Å². The number of carbonyl (C=O) groups excluding carboxylic acids is 1. The van der Waals surface area contributed by atoms with Crippen LogP contribution in [0.25, 0.3) is 0 Å². The number of nitrogens with two attached hydrogens (primary N) is 1. The maximum Gasteiger partial charge on any atom is 0.410 e. The molecule has 21 heavy (non-hydrogen) atoms. The Bertz CT molecular complexity index is 477. The summed E-state index contributed by atoms with van der Waals surface area (Å²) in [7, 11) is 0. The van der Waals surface area contributed by atoms with Gasteiger partial charge in [0.1, 0.15) is 5.60 Å². The molecule has 0 aromatic heterocycles. The number of anilines is 1. The van der Waals surface area contributed by atoms with Gasteiger partial charge < -0.3 is 15.4 Å². The second-order valence-corrected chi connectivity index (χ2v) is 6.86. The molecule has 0 saturated carbocycles. The summed E-state index contributed by atoms with van der Waals surface area (Å²) in [5, 5.41) is 0. The molecule has 1 atom stereocenters. The van der Waals surface area contributed by atoms with Gasteiger partial charge in [-0.3, -0.25) is 0 Å². The Hall–Kier alpha value is -1.71. The van der Waals surface area contributed by atoms with E-state index in [1.54, 1.807) is 0 Å². The fourth-order valence-corrected chi connectivity index (χ4v) is 2.62. The molecule has 1 aliphatic heterocycles. The molecule has 0 radical (unpaired) electrons. The number of aryl methyl sites for hydroxylation is 1. The number of nitrogen functional groups attached to an aromatic ring is 1. The van der Waals surface area contributed by atoms with Gasteiger partial charge in [0.05, 0.1) is 0 Å². The molecular formula is C17H26N2O2. The van der Waals surface area contributed by atoms with Gasteiger partial charge in [-0.05, 0) is 63.6 Å². The van der Waals surface area contributed by atoms with Gasteiger partial charge in [0.2, 0.25) is 0 Å². The van der Waals surface area contributed by atoms with Crippen molar-refractivity contribution < 1.29 is 9.53 Å². The van der Waals surface area contributed by atoms with Crippen LogP contribution in [0.1, 0.15) is 39.2 Å². The molecule has 2 rings (SSSR count). The van der Waals surface area contributed by atoms with Crippen molar-refractivity contribution in [2.45, 2.75) is 45.6 Å². The van der Waals surface area contributed by atoms with E-state index in [1.807, 2.05) is 37.8 Å². The van der Waals surface area contributed by atoms with E-state index in [-0.39, 0.29) is 6.09 Å². The number of hydrogen-bond acceptors (Lipinski definition) is 3. The summed E-state index contributed by atoms with van der Waals surface area (Å²) in [4.78, 5) is 13.8. The molecule has 4 nitrogen and oxygen atoms in total. The van der Waals surface area contributed by atoms with Crippen molar-refractivity contribution in [2.75, 3.05) is 18.8 Å². The zero-order valence-electron chi connectivity index (χ0n) is 13.3. The van der Waals surface area contributed by atoms with Crippen LogP contribution in [0.3, 0.4) is 0 Å². The van der Waals surface area contributed by atoms with Gasteiger partial charge in [-0.25, -0.2) is 4.79 Å². The minimum absolute atomic E-state index is 0.183. The molecule has 0 bridgehead atoms. The van der Waals surface area contributed by atoms with Gasteiger partial charge in [0.25, 0.3) is 0 Å². The Morgan fingerprint density at radius 2 is 2.00 bits per heavy atom. The number of benzene rings is 1. The molecule has 116 valence electrons. The normalized spacial score (nSPS) is 18.8. The highest BCUT2D eigenvalue weighted by molar-refractivity contribution is 5.68. The Morgan fingerprint density at radius 3 is 2.62 bits per heavy atom. The number of ether oxygens (including phenoxy) is 1. The predicted molar refractivity (Wildman–Crippen MR) is 85.1 cm³/mol. The fraction of sp³-hybridized carbons (Fsp3) is 0.588. The summed E-state index contributed by atoms with van der Waals surface area (Å²) >= 11 is 0. The average Bonchev–Trinajstić information content (AvgIpc) is 2.85. The first-order valence-corrected chi connectivity index (χ1v) is 7.66. The molecule has 1 aromatic rings. The Balaban J connectivity index is 1.77. The number of hydrogen-bond donors (Lipinski definition) is 1. The van der Waals surface area contributed by atoms with Crippen LogP contribution in [0.15, 0.2) is 24.3 Å². The van der Waals surface area contributed by atoms with Crippen molar-refractivity contribution in [2.24, 2.45) is 5.92 Å². The molecule has 1 fully saturated rings. The molecule has 2 N–H and O–H groups in total. The molecule has 1 aromatic carbocycles. The van der Waals surface area contributed by atoms with E-state index in [1.165, 1.54) is 5.56 Å². The minimum atomic E-state index is -0.418. The number of nitrogens with zero attached hydrogens (tertiary/aromatic N) is 1. The van der Waals surface area contributed by atoms with Gasteiger partial charge in [0.15, 0.2) is 0 Å². The molecule has 1 heterocycles. The second kappa shape index (κ2) is 6.37. The smallest absolute Gasteiger partial charge is 0.410 e. The van der Waals surface area contributed by atoms with Crippen LogP contribution < -0.4 is 5.73 Å². The van der Waals surface area contributed by atoms with Gasteiger partial charge in [-0.15, -0.1) is 0 Å². The quantitative estimate of drug-likeness (QED) is 0.867. The van der Waals surface area contributed by atoms with E-state index < -0.39 is 5.60 Å². The highest BCUT2D eigenvalue weighted by atomic mass is 16.6. The van der Waals surface area contributed by atoms with Crippen molar-refractivity contribution in [3.05, 3.63) is 29.8 Å². The highest BCUT2D eigenvalue weighted by Crippen LogP contribution is 2.23. The van der Waals surface area contributed by atoms with E-state index >= 15 is 0 Å². The summed E-state index contributed by atoms with van der Waals surface area (Å²) in [6, 6.07) is 8.04. The molecule has 0 aliphatic carbocycles. The van der Waals surface area contributed by atoms with Crippen molar-refractivity contribution >= 4 is 11.8 Å². The number of rotatable bonds is 3. The first-order chi connectivity index (χ1) is 9.83. The summed E-state index contributed by atoms with van der Waals surface area (Å²) in [6.45, 7) is 7.32. The summed E-state index contributed by atoms with van der Waals surface area (Å²) in [5.41, 5.74) is 7.38. The Kier molecular flexibility index (Phi) is 4.76. The van der Waals surface area contributed by atoms with Gasteiger partial charge in [-0.2, -0.15) is 0 Å². The van der Waals surface area contributed by atoms with Crippen LogP contribution in [0, 0.1) is 5.92 Å². The second-order valence-electron chi connectivity index (χ2n) is 6.86. The van der Waals surface area contributed by atoms with Crippen molar-refractivity contribution in [1.29, 1.82) is 0 Å². The van der Waals surface area contributed by atoms with E-state index in [0.717, 1.165) is 38.0 Å². The monoisotopic (exact) mass is 290 g/mol. The van der Waals surface area contributed by atoms with E-state index in [2.05, 4.69) is 12.1 Å². The van der Waals surface area contributed by atoms with Gasteiger partial charge >= 0.3 is 6.09 Å². The Labute approximate surface area is 127 Å². The molecule has 1 saturated heterocycles. The number of likely N-dealkylation sites (tertiary alicyclic amines) is 1. The first kappa shape index (κ1) is 15.7. The lowest BCUT2D eigenvalue weighted by Crippen LogP contribution is -2.35. The minimum Gasteiger partial charge on any atom is -0.444 e. The predicted octanol–water partition coefficient (Wildman–Crippen LogP) is 3.46. The van der Waals surface area contributed by atoms with E-state index in [4.69, 9.17) is 10.5 Å².